The van der Waals surface area contributed by atoms with Crippen LogP contribution in [0, 0.1) is 11.6 Å². The number of nitrogens with one attached hydrogen (secondary N) is 1. The highest BCUT2D eigenvalue weighted by atomic mass is 19.1. The Labute approximate surface area is 121 Å². The molecule has 2 nitrogen and oxygen atoms in total. The lowest BCUT2D eigenvalue weighted by atomic mass is 10.1. The fourth-order valence-electron chi connectivity index (χ4n) is 2.02. The quantitative estimate of drug-likeness (QED) is 0.732. The molecule has 0 fully saturated rings. The van der Waals surface area contributed by atoms with Gasteiger partial charge in [-0.3, -0.25) is 0 Å². The minimum atomic E-state index is -0.395. The van der Waals surface area contributed by atoms with Gasteiger partial charge in [-0.1, -0.05) is 0 Å². The van der Waals surface area contributed by atoms with E-state index >= 15 is 0 Å². The molecule has 0 saturated carbocycles. The second kappa shape index (κ2) is 8.32. The first-order chi connectivity index (χ1) is 9.41. The van der Waals surface area contributed by atoms with E-state index in [9.17, 15) is 8.78 Å². The topological polar surface area (TPSA) is 15.3 Å². The zero-order chi connectivity index (χ0) is 15.1. The monoisotopic (exact) mass is 284 g/mol. The third-order valence-electron chi connectivity index (χ3n) is 3.69. The molecule has 1 atom stereocenters. The van der Waals surface area contributed by atoms with Crippen LogP contribution in [0.25, 0.3) is 0 Å². The molecular formula is C16H26F2N2. The van der Waals surface area contributed by atoms with Gasteiger partial charge >= 0.3 is 0 Å². The Bertz CT molecular complexity index is 407. The van der Waals surface area contributed by atoms with Gasteiger partial charge in [-0.2, -0.15) is 0 Å². The summed E-state index contributed by atoms with van der Waals surface area (Å²) in [5, 5.41) is 3.24. The minimum Gasteiger partial charge on any atom is -0.310 e. The lowest BCUT2D eigenvalue weighted by molar-refractivity contribution is 0.267. The molecule has 1 rings (SSSR count). The van der Waals surface area contributed by atoms with Crippen LogP contribution in [0.4, 0.5) is 8.78 Å². The Morgan fingerprint density at radius 1 is 1.15 bits per heavy atom. The Morgan fingerprint density at radius 2 is 1.85 bits per heavy atom. The largest absolute Gasteiger partial charge is 0.310 e. The van der Waals surface area contributed by atoms with Crippen LogP contribution in [-0.2, 0) is 0 Å². The van der Waals surface area contributed by atoms with Crippen molar-refractivity contribution < 1.29 is 8.78 Å². The number of rotatable bonds is 8. The van der Waals surface area contributed by atoms with Gasteiger partial charge in [-0.25, -0.2) is 8.78 Å². The van der Waals surface area contributed by atoms with Gasteiger partial charge in [0, 0.05) is 17.6 Å². The highest BCUT2D eigenvalue weighted by Gasteiger charge is 2.11. The molecule has 0 amide bonds. The predicted octanol–water partition coefficient (Wildman–Crippen LogP) is 3.74. The van der Waals surface area contributed by atoms with E-state index in [0.717, 1.165) is 32.0 Å². The van der Waals surface area contributed by atoms with Crippen LogP contribution in [-0.4, -0.2) is 31.1 Å². The van der Waals surface area contributed by atoms with E-state index in [0.29, 0.717) is 11.6 Å². The maximum Gasteiger partial charge on any atom is 0.128 e. The fourth-order valence-corrected chi connectivity index (χ4v) is 2.02. The normalized spacial score (nSPS) is 13.2. The first kappa shape index (κ1) is 17.1. The van der Waals surface area contributed by atoms with Crippen LogP contribution in [0.1, 0.15) is 45.2 Å². The molecule has 0 aliphatic heterocycles. The molecular weight excluding hydrogens is 258 g/mol. The first-order valence-corrected chi connectivity index (χ1v) is 7.30. The van der Waals surface area contributed by atoms with Gasteiger partial charge in [0.25, 0.3) is 0 Å². The maximum absolute atomic E-state index is 13.6. The van der Waals surface area contributed by atoms with Crippen molar-refractivity contribution in [2.75, 3.05) is 20.1 Å². The third-order valence-corrected chi connectivity index (χ3v) is 3.69. The predicted molar refractivity (Wildman–Crippen MR) is 79.8 cm³/mol. The van der Waals surface area contributed by atoms with Crippen molar-refractivity contribution in [1.82, 2.24) is 10.2 Å². The zero-order valence-electron chi connectivity index (χ0n) is 12.9. The van der Waals surface area contributed by atoms with Gasteiger partial charge in [-0.05, 0) is 71.9 Å². The van der Waals surface area contributed by atoms with E-state index < -0.39 is 5.82 Å². The number of hydrogen-bond acceptors (Lipinski definition) is 2. The molecule has 1 aromatic carbocycles. The molecule has 0 saturated heterocycles. The highest BCUT2D eigenvalue weighted by Crippen LogP contribution is 2.17. The van der Waals surface area contributed by atoms with Crippen molar-refractivity contribution in [1.29, 1.82) is 0 Å². The Kier molecular flexibility index (Phi) is 7.10. The SMILES string of the molecule is CC(NCCCCN(C)C(C)C)c1cc(F)ccc1F. The third kappa shape index (κ3) is 5.55. The lowest BCUT2D eigenvalue weighted by Gasteiger charge is -2.21. The second-order valence-electron chi connectivity index (χ2n) is 5.62. The lowest BCUT2D eigenvalue weighted by Crippen LogP contribution is -2.28. The van der Waals surface area contributed by atoms with Crippen molar-refractivity contribution in [2.45, 2.75) is 45.7 Å². The van der Waals surface area contributed by atoms with E-state index in [1.165, 1.54) is 12.1 Å². The Balaban J connectivity index is 2.30. The molecule has 0 heterocycles. The molecule has 20 heavy (non-hydrogen) atoms. The molecule has 0 aliphatic carbocycles. The number of nitrogens with zero attached hydrogens (tertiary/aromatic N) is 1. The summed E-state index contributed by atoms with van der Waals surface area (Å²) in [6, 6.07) is 3.98. The number of hydrogen-bond donors (Lipinski definition) is 1. The van der Waals surface area contributed by atoms with Crippen LogP contribution in [0.5, 0.6) is 0 Å². The second-order valence-corrected chi connectivity index (χ2v) is 5.62. The van der Waals surface area contributed by atoms with E-state index in [1.807, 2.05) is 6.92 Å². The summed E-state index contributed by atoms with van der Waals surface area (Å²) < 4.78 is 26.7. The van der Waals surface area contributed by atoms with Gasteiger partial charge in [0.2, 0.25) is 0 Å². The molecule has 1 aromatic rings. The van der Waals surface area contributed by atoms with Crippen molar-refractivity contribution >= 4 is 0 Å². The van der Waals surface area contributed by atoms with Crippen LogP contribution < -0.4 is 5.32 Å². The zero-order valence-corrected chi connectivity index (χ0v) is 12.9. The summed E-state index contributed by atoms with van der Waals surface area (Å²) >= 11 is 0. The standard InChI is InChI=1S/C16H26F2N2/c1-12(2)20(4)10-6-5-9-19-13(3)15-11-14(17)7-8-16(15)18/h7-8,11-13,19H,5-6,9-10H2,1-4H3. The number of unbranched alkanes of at least 4 members (excludes halogenated alkanes) is 1. The summed E-state index contributed by atoms with van der Waals surface area (Å²) in [4.78, 5) is 2.30. The van der Waals surface area contributed by atoms with Gasteiger partial charge in [-0.15, -0.1) is 0 Å². The molecule has 0 bridgehead atoms. The smallest absolute Gasteiger partial charge is 0.128 e. The average molecular weight is 284 g/mol. The summed E-state index contributed by atoms with van der Waals surface area (Å²) in [6.07, 6.45) is 2.12. The molecule has 0 spiro atoms. The Morgan fingerprint density at radius 3 is 2.50 bits per heavy atom. The van der Waals surface area contributed by atoms with Gasteiger partial charge in [0.05, 0.1) is 0 Å². The molecule has 4 heteroatoms. The van der Waals surface area contributed by atoms with Crippen LogP contribution in [0.15, 0.2) is 18.2 Å². The maximum atomic E-state index is 13.6. The number of benzene rings is 1. The van der Waals surface area contributed by atoms with Crippen LogP contribution in [0.3, 0.4) is 0 Å². The summed E-state index contributed by atoms with van der Waals surface area (Å²) in [7, 11) is 2.11. The Hall–Kier alpha value is -1.00. The average Bonchev–Trinajstić information content (AvgIpc) is 2.40. The van der Waals surface area contributed by atoms with Crippen molar-refractivity contribution in [3.05, 3.63) is 35.4 Å². The molecule has 1 unspecified atom stereocenters. The first-order valence-electron chi connectivity index (χ1n) is 7.30. The van der Waals surface area contributed by atoms with Gasteiger partial charge in [0.1, 0.15) is 11.6 Å². The van der Waals surface area contributed by atoms with Crippen molar-refractivity contribution in [3.8, 4) is 0 Å². The van der Waals surface area contributed by atoms with E-state index in [2.05, 4.69) is 31.1 Å². The van der Waals surface area contributed by atoms with Crippen LogP contribution in [0.2, 0.25) is 0 Å². The van der Waals surface area contributed by atoms with Crippen LogP contribution >= 0.6 is 0 Å². The van der Waals surface area contributed by atoms with Crippen molar-refractivity contribution in [2.24, 2.45) is 0 Å². The summed E-state index contributed by atoms with van der Waals surface area (Å²) in [5.41, 5.74) is 0.393. The fraction of sp³-hybridized carbons (Fsp3) is 0.625. The minimum absolute atomic E-state index is 0.173. The van der Waals surface area contributed by atoms with Crippen molar-refractivity contribution in [3.63, 3.8) is 0 Å². The molecule has 1 N–H and O–H groups in total. The number of halogens is 2. The summed E-state index contributed by atoms with van der Waals surface area (Å²) in [6.45, 7) is 8.07. The summed E-state index contributed by atoms with van der Waals surface area (Å²) in [5.74, 6) is -0.750. The van der Waals surface area contributed by atoms with E-state index in [4.69, 9.17) is 0 Å². The van der Waals surface area contributed by atoms with Gasteiger partial charge in [0.15, 0.2) is 0 Å². The van der Waals surface area contributed by atoms with Gasteiger partial charge < -0.3 is 10.2 Å². The molecule has 0 radical (unpaired) electrons. The molecule has 0 aromatic heterocycles. The van der Waals surface area contributed by atoms with E-state index in [-0.39, 0.29) is 11.9 Å². The van der Waals surface area contributed by atoms with E-state index in [1.54, 1.807) is 0 Å². The molecule has 114 valence electrons. The highest BCUT2D eigenvalue weighted by molar-refractivity contribution is 5.21. The molecule has 0 aliphatic rings.